The maximum atomic E-state index is 12.6. The second-order valence-corrected chi connectivity index (χ2v) is 7.57. The van der Waals surface area contributed by atoms with Crippen LogP contribution in [0, 0.1) is 6.92 Å². The van der Waals surface area contributed by atoms with E-state index in [9.17, 15) is 4.79 Å². The number of fused-ring (bicyclic) bond motifs is 3. The van der Waals surface area contributed by atoms with E-state index in [0.29, 0.717) is 12.6 Å². The predicted molar refractivity (Wildman–Crippen MR) is 97.1 cm³/mol. The third-order valence-electron chi connectivity index (χ3n) is 5.62. The van der Waals surface area contributed by atoms with Gasteiger partial charge < -0.3 is 14.8 Å². The summed E-state index contributed by atoms with van der Waals surface area (Å²) >= 11 is 0. The molecule has 4 nitrogen and oxygen atoms in total. The van der Waals surface area contributed by atoms with E-state index in [1.807, 2.05) is 0 Å². The van der Waals surface area contributed by atoms with Crippen molar-refractivity contribution in [3.05, 3.63) is 35.0 Å². The molecule has 128 valence electrons. The van der Waals surface area contributed by atoms with Gasteiger partial charge in [-0.2, -0.15) is 0 Å². The van der Waals surface area contributed by atoms with Gasteiger partial charge in [-0.1, -0.05) is 24.5 Å². The van der Waals surface area contributed by atoms with Gasteiger partial charge in [0.15, 0.2) is 0 Å². The number of carbonyl (C=O) groups excluding carboxylic acids is 1. The van der Waals surface area contributed by atoms with Crippen LogP contribution in [0.5, 0.6) is 0 Å². The van der Waals surface area contributed by atoms with E-state index in [0.717, 1.165) is 32.4 Å². The molecule has 1 aliphatic heterocycles. The molecule has 2 aliphatic rings. The van der Waals surface area contributed by atoms with E-state index in [1.165, 1.54) is 40.6 Å². The zero-order valence-electron chi connectivity index (χ0n) is 14.8. The Bertz CT molecular complexity index is 771. The number of nitrogens with zero attached hydrogens (tertiary/aromatic N) is 2. The second kappa shape index (κ2) is 6.25. The lowest BCUT2D eigenvalue weighted by Gasteiger charge is -2.24. The Hall–Kier alpha value is -1.81. The van der Waals surface area contributed by atoms with Gasteiger partial charge in [0, 0.05) is 42.1 Å². The Kier molecular flexibility index (Phi) is 4.09. The summed E-state index contributed by atoms with van der Waals surface area (Å²) in [4.78, 5) is 15.0. The van der Waals surface area contributed by atoms with Crippen molar-refractivity contribution in [1.29, 1.82) is 0 Å². The first-order valence-electron chi connectivity index (χ1n) is 9.20. The van der Waals surface area contributed by atoms with Crippen molar-refractivity contribution in [2.45, 2.75) is 58.2 Å². The van der Waals surface area contributed by atoms with Gasteiger partial charge in [-0.25, -0.2) is 0 Å². The number of rotatable bonds is 3. The highest BCUT2D eigenvalue weighted by Crippen LogP contribution is 2.31. The SMILES string of the molecule is Cc1ccc2c(c1)c1c(n2CC(=O)NC2CCCC2)CCN(C)C1. The van der Waals surface area contributed by atoms with E-state index < -0.39 is 0 Å². The van der Waals surface area contributed by atoms with Crippen molar-refractivity contribution in [3.63, 3.8) is 0 Å². The average Bonchev–Trinajstić information content (AvgIpc) is 3.15. The Morgan fingerprint density at radius 3 is 2.88 bits per heavy atom. The highest BCUT2D eigenvalue weighted by atomic mass is 16.2. The van der Waals surface area contributed by atoms with Gasteiger partial charge in [0.25, 0.3) is 0 Å². The van der Waals surface area contributed by atoms with E-state index in [4.69, 9.17) is 0 Å². The summed E-state index contributed by atoms with van der Waals surface area (Å²) in [5.74, 6) is 0.168. The molecule has 24 heavy (non-hydrogen) atoms. The Morgan fingerprint density at radius 1 is 1.29 bits per heavy atom. The number of hydrogen-bond acceptors (Lipinski definition) is 2. The zero-order chi connectivity index (χ0) is 16.7. The topological polar surface area (TPSA) is 37.3 Å². The molecule has 1 aromatic carbocycles. The summed E-state index contributed by atoms with van der Waals surface area (Å²) in [6.45, 7) is 4.64. The van der Waals surface area contributed by atoms with Crippen LogP contribution < -0.4 is 5.32 Å². The minimum Gasteiger partial charge on any atom is -0.352 e. The fourth-order valence-corrected chi connectivity index (χ4v) is 4.37. The summed E-state index contributed by atoms with van der Waals surface area (Å²) in [6, 6.07) is 7.01. The summed E-state index contributed by atoms with van der Waals surface area (Å²) < 4.78 is 2.27. The van der Waals surface area contributed by atoms with Crippen molar-refractivity contribution in [2.75, 3.05) is 13.6 Å². The van der Waals surface area contributed by atoms with Gasteiger partial charge in [0.1, 0.15) is 6.54 Å². The smallest absolute Gasteiger partial charge is 0.240 e. The van der Waals surface area contributed by atoms with E-state index >= 15 is 0 Å². The summed E-state index contributed by atoms with van der Waals surface area (Å²) in [6.07, 6.45) is 5.80. The maximum Gasteiger partial charge on any atom is 0.240 e. The molecule has 4 rings (SSSR count). The number of likely N-dealkylation sites (N-methyl/N-ethyl adjacent to an activating group) is 1. The number of aryl methyl sites for hydroxylation is 1. The minimum atomic E-state index is 0.168. The van der Waals surface area contributed by atoms with Crippen LogP contribution in [0.4, 0.5) is 0 Å². The molecule has 0 bridgehead atoms. The number of nitrogens with one attached hydrogen (secondary N) is 1. The minimum absolute atomic E-state index is 0.168. The number of hydrogen-bond donors (Lipinski definition) is 1. The highest BCUT2D eigenvalue weighted by molar-refractivity contribution is 5.88. The molecule has 0 atom stereocenters. The molecule has 2 heterocycles. The molecule has 1 amide bonds. The quantitative estimate of drug-likeness (QED) is 0.942. The van der Waals surface area contributed by atoms with Gasteiger partial charge in [-0.3, -0.25) is 4.79 Å². The first-order chi connectivity index (χ1) is 11.6. The van der Waals surface area contributed by atoms with Crippen LogP contribution in [0.3, 0.4) is 0 Å². The van der Waals surface area contributed by atoms with Crippen molar-refractivity contribution in [1.82, 2.24) is 14.8 Å². The molecular formula is C20H27N3O. The summed E-state index contributed by atoms with van der Waals surface area (Å²) in [7, 11) is 2.18. The van der Waals surface area contributed by atoms with Gasteiger partial charge >= 0.3 is 0 Å². The van der Waals surface area contributed by atoms with E-state index in [-0.39, 0.29) is 5.91 Å². The predicted octanol–water partition coefficient (Wildman–Crippen LogP) is 3.00. The molecule has 1 aliphatic carbocycles. The maximum absolute atomic E-state index is 12.6. The van der Waals surface area contributed by atoms with Crippen LogP contribution in [0.1, 0.15) is 42.5 Å². The standard InChI is InChI=1S/C20H27N3O/c1-14-7-8-18-16(11-14)17-12-22(2)10-9-19(17)23(18)13-20(24)21-15-5-3-4-6-15/h7-8,11,15H,3-6,9-10,12-13H2,1-2H3,(H,21,24). The van der Waals surface area contributed by atoms with Crippen LogP contribution in [0.15, 0.2) is 18.2 Å². The van der Waals surface area contributed by atoms with Crippen LogP contribution >= 0.6 is 0 Å². The lowest BCUT2D eigenvalue weighted by Crippen LogP contribution is -2.36. The Balaban J connectivity index is 1.68. The fourth-order valence-electron chi connectivity index (χ4n) is 4.37. The first kappa shape index (κ1) is 15.7. The van der Waals surface area contributed by atoms with Crippen LogP contribution in [0.25, 0.3) is 10.9 Å². The molecule has 0 unspecified atom stereocenters. The lowest BCUT2D eigenvalue weighted by atomic mass is 10.0. The first-order valence-corrected chi connectivity index (χ1v) is 9.20. The molecule has 0 saturated heterocycles. The monoisotopic (exact) mass is 325 g/mol. The van der Waals surface area contributed by atoms with Crippen LogP contribution in [-0.2, 0) is 24.3 Å². The number of benzene rings is 1. The van der Waals surface area contributed by atoms with Gasteiger partial charge in [0.05, 0.1) is 0 Å². The largest absolute Gasteiger partial charge is 0.352 e. The van der Waals surface area contributed by atoms with Crippen molar-refractivity contribution in [2.24, 2.45) is 0 Å². The molecule has 1 aromatic heterocycles. The highest BCUT2D eigenvalue weighted by Gasteiger charge is 2.24. The molecule has 0 spiro atoms. The van der Waals surface area contributed by atoms with Crippen molar-refractivity contribution >= 4 is 16.8 Å². The normalized spacial score (nSPS) is 18.9. The van der Waals surface area contributed by atoms with E-state index in [2.05, 4.69) is 47.0 Å². The summed E-state index contributed by atoms with van der Waals surface area (Å²) in [5.41, 5.74) is 5.26. The Morgan fingerprint density at radius 2 is 2.08 bits per heavy atom. The molecule has 1 N–H and O–H groups in total. The third-order valence-corrected chi connectivity index (χ3v) is 5.62. The molecular weight excluding hydrogens is 298 g/mol. The molecule has 4 heteroatoms. The fraction of sp³-hybridized carbons (Fsp3) is 0.550. The Labute approximate surface area is 143 Å². The van der Waals surface area contributed by atoms with Crippen molar-refractivity contribution < 1.29 is 4.79 Å². The molecule has 0 radical (unpaired) electrons. The average molecular weight is 325 g/mol. The number of amides is 1. The van der Waals surface area contributed by atoms with Crippen LogP contribution in [0.2, 0.25) is 0 Å². The molecule has 2 aromatic rings. The van der Waals surface area contributed by atoms with Gasteiger partial charge in [-0.05, 0) is 44.5 Å². The van der Waals surface area contributed by atoms with Gasteiger partial charge in [-0.15, -0.1) is 0 Å². The van der Waals surface area contributed by atoms with E-state index in [1.54, 1.807) is 0 Å². The molecule has 1 fully saturated rings. The van der Waals surface area contributed by atoms with Crippen molar-refractivity contribution in [3.8, 4) is 0 Å². The molecule has 1 saturated carbocycles. The third kappa shape index (κ3) is 2.84. The zero-order valence-corrected chi connectivity index (χ0v) is 14.8. The van der Waals surface area contributed by atoms with Gasteiger partial charge in [0.2, 0.25) is 5.91 Å². The number of carbonyl (C=O) groups is 1. The van der Waals surface area contributed by atoms with Crippen LogP contribution in [-0.4, -0.2) is 35.0 Å². The number of aromatic nitrogens is 1. The summed E-state index contributed by atoms with van der Waals surface area (Å²) in [5, 5.41) is 4.56. The second-order valence-electron chi connectivity index (χ2n) is 7.57. The lowest BCUT2D eigenvalue weighted by molar-refractivity contribution is -0.122.